The van der Waals surface area contributed by atoms with Crippen LogP contribution in [-0.2, 0) is 16.3 Å². The largest absolute Gasteiger partial charge is 0.366 e. The van der Waals surface area contributed by atoms with Crippen LogP contribution in [0.3, 0.4) is 0 Å². The van der Waals surface area contributed by atoms with E-state index in [2.05, 4.69) is 4.98 Å². The van der Waals surface area contributed by atoms with E-state index in [1.165, 1.54) is 6.26 Å². The Morgan fingerprint density at radius 1 is 1.00 bits per heavy atom. The molecule has 0 unspecified atom stereocenters. The summed E-state index contributed by atoms with van der Waals surface area (Å²) in [4.78, 5) is 15.8. The van der Waals surface area contributed by atoms with E-state index in [0.717, 1.165) is 22.4 Å². The lowest BCUT2D eigenvalue weighted by Crippen LogP contribution is -2.10. The van der Waals surface area contributed by atoms with Gasteiger partial charge in [0.2, 0.25) is 5.91 Å². The first-order chi connectivity index (χ1) is 12.3. The first kappa shape index (κ1) is 17.8. The van der Waals surface area contributed by atoms with E-state index in [9.17, 15) is 13.2 Å². The summed E-state index contributed by atoms with van der Waals surface area (Å²) in [5.41, 5.74) is 9.28. The molecule has 2 N–H and O–H groups in total. The number of sulfone groups is 1. The van der Waals surface area contributed by atoms with E-state index in [4.69, 9.17) is 5.73 Å². The summed E-state index contributed by atoms with van der Waals surface area (Å²) in [5, 5.41) is 0. The molecule has 0 spiro atoms. The van der Waals surface area contributed by atoms with Gasteiger partial charge in [-0.25, -0.2) is 8.42 Å². The van der Waals surface area contributed by atoms with Crippen molar-refractivity contribution in [1.82, 2.24) is 4.98 Å². The number of nitrogens with zero attached hydrogens (tertiary/aromatic N) is 1. The Hall–Kier alpha value is -2.99. The van der Waals surface area contributed by atoms with Crippen LogP contribution in [0.2, 0.25) is 0 Å². The van der Waals surface area contributed by atoms with Gasteiger partial charge in [-0.3, -0.25) is 9.78 Å². The maximum atomic E-state index is 11.7. The molecule has 0 aliphatic carbocycles. The predicted molar refractivity (Wildman–Crippen MR) is 101 cm³/mol. The summed E-state index contributed by atoms with van der Waals surface area (Å²) in [6.07, 6.45) is 3.51. The minimum Gasteiger partial charge on any atom is -0.366 e. The molecule has 0 aliphatic rings. The van der Waals surface area contributed by atoms with Crippen LogP contribution in [0.4, 0.5) is 0 Å². The summed E-state index contributed by atoms with van der Waals surface area (Å²) >= 11 is 0. The molecular formula is C20H18N2O3S. The fourth-order valence-corrected chi connectivity index (χ4v) is 3.36. The van der Waals surface area contributed by atoms with Gasteiger partial charge in [-0.1, -0.05) is 24.3 Å². The zero-order valence-corrected chi connectivity index (χ0v) is 15.0. The normalized spacial score (nSPS) is 11.3. The number of carbonyl (C=O) groups excluding carboxylic acids is 1. The number of amides is 1. The average molecular weight is 366 g/mol. The molecule has 6 heteroatoms. The highest BCUT2D eigenvalue weighted by molar-refractivity contribution is 7.90. The third-order valence-electron chi connectivity index (χ3n) is 4.02. The summed E-state index contributed by atoms with van der Waals surface area (Å²) in [5.74, 6) is -0.469. The highest BCUT2D eigenvalue weighted by Gasteiger charge is 2.08. The minimum absolute atomic E-state index is 0.311. The van der Waals surface area contributed by atoms with E-state index in [1.54, 1.807) is 48.7 Å². The molecule has 3 aromatic rings. The van der Waals surface area contributed by atoms with E-state index in [1.807, 2.05) is 18.2 Å². The highest BCUT2D eigenvalue weighted by atomic mass is 32.2. The van der Waals surface area contributed by atoms with Crippen molar-refractivity contribution < 1.29 is 13.2 Å². The van der Waals surface area contributed by atoms with Crippen molar-refractivity contribution in [3.8, 4) is 11.3 Å². The summed E-state index contributed by atoms with van der Waals surface area (Å²) in [6.45, 7) is 0. The smallest absolute Gasteiger partial charge is 0.248 e. The van der Waals surface area contributed by atoms with Crippen molar-refractivity contribution in [2.45, 2.75) is 11.3 Å². The number of nitrogens with two attached hydrogens (primary N) is 1. The SMILES string of the molecule is CS(=O)(=O)c1cccc(Cc2ccnc(-c3ccc(C(N)=O)cc3)c2)c1. The minimum atomic E-state index is -3.23. The fraction of sp³-hybridized carbons (Fsp3) is 0.100. The van der Waals surface area contributed by atoms with Crippen LogP contribution in [0.15, 0.2) is 71.8 Å². The van der Waals surface area contributed by atoms with Crippen molar-refractivity contribution in [1.29, 1.82) is 0 Å². The van der Waals surface area contributed by atoms with Crippen LogP contribution >= 0.6 is 0 Å². The van der Waals surface area contributed by atoms with Gasteiger partial charge in [0, 0.05) is 23.6 Å². The Balaban J connectivity index is 1.87. The van der Waals surface area contributed by atoms with Crippen LogP contribution in [0.25, 0.3) is 11.3 Å². The van der Waals surface area contributed by atoms with E-state index < -0.39 is 15.7 Å². The molecule has 1 heterocycles. The van der Waals surface area contributed by atoms with Crippen molar-refractivity contribution >= 4 is 15.7 Å². The van der Waals surface area contributed by atoms with Gasteiger partial charge in [0.25, 0.3) is 0 Å². The standard InChI is InChI=1S/C20H18N2O3S/c1-26(24,25)18-4-2-3-14(12-18)11-15-9-10-22-19(13-15)16-5-7-17(8-6-16)20(21)23/h2-10,12-13H,11H2,1H3,(H2,21,23). The molecule has 0 aliphatic heterocycles. The second-order valence-electron chi connectivity index (χ2n) is 6.09. The number of carbonyl (C=O) groups is 1. The molecule has 0 saturated heterocycles. The highest BCUT2D eigenvalue weighted by Crippen LogP contribution is 2.21. The first-order valence-electron chi connectivity index (χ1n) is 7.97. The van der Waals surface area contributed by atoms with Crippen LogP contribution in [0.5, 0.6) is 0 Å². The van der Waals surface area contributed by atoms with Gasteiger partial charge in [-0.2, -0.15) is 0 Å². The van der Waals surface area contributed by atoms with Gasteiger partial charge in [0.05, 0.1) is 10.6 Å². The van der Waals surface area contributed by atoms with E-state index in [-0.39, 0.29) is 0 Å². The number of hydrogen-bond donors (Lipinski definition) is 1. The van der Waals surface area contributed by atoms with Crippen molar-refractivity contribution in [3.05, 3.63) is 83.6 Å². The molecule has 2 aromatic carbocycles. The Morgan fingerprint density at radius 2 is 1.69 bits per heavy atom. The number of hydrogen-bond acceptors (Lipinski definition) is 4. The number of rotatable bonds is 5. The summed E-state index contributed by atoms with van der Waals surface area (Å²) in [6, 6.07) is 17.7. The Bertz CT molecular complexity index is 1060. The van der Waals surface area contributed by atoms with Crippen molar-refractivity contribution in [2.24, 2.45) is 5.73 Å². The van der Waals surface area contributed by atoms with Gasteiger partial charge < -0.3 is 5.73 Å². The molecule has 0 atom stereocenters. The Morgan fingerprint density at radius 3 is 2.35 bits per heavy atom. The average Bonchev–Trinajstić information content (AvgIpc) is 2.61. The zero-order valence-electron chi connectivity index (χ0n) is 14.2. The predicted octanol–water partition coefficient (Wildman–Crippen LogP) is 2.84. The number of primary amides is 1. The van der Waals surface area contributed by atoms with Gasteiger partial charge in [0.15, 0.2) is 9.84 Å². The zero-order chi connectivity index (χ0) is 18.7. The number of aromatic nitrogens is 1. The number of pyridine rings is 1. The van der Waals surface area contributed by atoms with Crippen LogP contribution in [0, 0.1) is 0 Å². The Labute approximate surface area is 152 Å². The van der Waals surface area contributed by atoms with Gasteiger partial charge in [-0.05, 0) is 53.9 Å². The molecule has 0 fully saturated rings. The quantitative estimate of drug-likeness (QED) is 0.752. The first-order valence-corrected chi connectivity index (χ1v) is 9.86. The molecule has 1 aromatic heterocycles. The molecule has 0 radical (unpaired) electrons. The lowest BCUT2D eigenvalue weighted by molar-refractivity contribution is 0.100. The number of benzene rings is 2. The molecule has 26 heavy (non-hydrogen) atoms. The maximum absolute atomic E-state index is 11.7. The van der Waals surface area contributed by atoms with Crippen LogP contribution < -0.4 is 5.73 Å². The third-order valence-corrected chi connectivity index (χ3v) is 5.13. The maximum Gasteiger partial charge on any atom is 0.248 e. The molecular weight excluding hydrogens is 348 g/mol. The monoisotopic (exact) mass is 366 g/mol. The molecule has 1 amide bonds. The molecule has 3 rings (SSSR count). The second-order valence-corrected chi connectivity index (χ2v) is 8.10. The van der Waals surface area contributed by atoms with Crippen molar-refractivity contribution in [3.63, 3.8) is 0 Å². The van der Waals surface area contributed by atoms with Gasteiger partial charge >= 0.3 is 0 Å². The van der Waals surface area contributed by atoms with Gasteiger partial charge in [-0.15, -0.1) is 0 Å². The van der Waals surface area contributed by atoms with Crippen LogP contribution in [0.1, 0.15) is 21.5 Å². The molecule has 0 bridgehead atoms. The fourth-order valence-electron chi connectivity index (χ4n) is 2.67. The van der Waals surface area contributed by atoms with Crippen molar-refractivity contribution in [2.75, 3.05) is 6.26 Å². The topological polar surface area (TPSA) is 90.1 Å². The molecule has 5 nitrogen and oxygen atoms in total. The molecule has 0 saturated carbocycles. The lowest BCUT2D eigenvalue weighted by Gasteiger charge is -2.07. The van der Waals surface area contributed by atoms with E-state index in [0.29, 0.717) is 16.9 Å². The molecule has 132 valence electrons. The van der Waals surface area contributed by atoms with E-state index >= 15 is 0 Å². The van der Waals surface area contributed by atoms with Gasteiger partial charge in [0.1, 0.15) is 0 Å². The lowest BCUT2D eigenvalue weighted by atomic mass is 10.0. The van der Waals surface area contributed by atoms with Crippen LogP contribution in [-0.4, -0.2) is 25.6 Å². The second kappa shape index (κ2) is 7.09. The Kier molecular flexibility index (Phi) is 4.86. The summed E-state index contributed by atoms with van der Waals surface area (Å²) in [7, 11) is -3.23. The third kappa shape index (κ3) is 4.15. The summed E-state index contributed by atoms with van der Waals surface area (Å²) < 4.78 is 23.4.